The van der Waals surface area contributed by atoms with Gasteiger partial charge in [0.1, 0.15) is 0 Å². The van der Waals surface area contributed by atoms with Crippen LogP contribution in [0.25, 0.3) is 0 Å². The van der Waals surface area contributed by atoms with E-state index in [1.165, 1.54) is 0 Å². The maximum atomic E-state index is 8.66. The smallest absolute Gasteiger partial charge is 0.0991 e. The molecule has 2 heteroatoms. The van der Waals surface area contributed by atoms with Gasteiger partial charge in [-0.2, -0.15) is 5.26 Å². The van der Waals surface area contributed by atoms with Gasteiger partial charge in [-0.25, -0.2) is 0 Å². The van der Waals surface area contributed by atoms with Gasteiger partial charge >= 0.3 is 0 Å². The Kier molecular flexibility index (Phi) is 3.73. The Morgan fingerprint density at radius 1 is 1.43 bits per heavy atom. The van der Waals surface area contributed by atoms with Gasteiger partial charge < -0.3 is 5.73 Å². The zero-order valence-electron chi connectivity index (χ0n) is 8.17. The standard InChI is InChI=1S/C12H12N2/c1-10-8-11(9-14)5-6-12(10)4-2-3-7-13/h5-6,8H,3,7,13H2,1H3. The molecule has 70 valence electrons. The van der Waals surface area contributed by atoms with E-state index in [0.29, 0.717) is 18.5 Å². The molecule has 2 nitrogen and oxygen atoms in total. The van der Waals surface area contributed by atoms with E-state index >= 15 is 0 Å². The van der Waals surface area contributed by atoms with Crippen LogP contribution in [-0.4, -0.2) is 6.54 Å². The number of hydrogen-bond acceptors (Lipinski definition) is 2. The van der Waals surface area contributed by atoms with Gasteiger partial charge in [0, 0.05) is 18.5 Å². The maximum absolute atomic E-state index is 8.66. The molecule has 0 saturated carbocycles. The Morgan fingerprint density at radius 2 is 2.21 bits per heavy atom. The summed E-state index contributed by atoms with van der Waals surface area (Å²) in [7, 11) is 0. The van der Waals surface area contributed by atoms with Crippen LogP contribution in [0.2, 0.25) is 0 Å². The molecule has 0 aliphatic carbocycles. The van der Waals surface area contributed by atoms with Crippen molar-refractivity contribution in [3.05, 3.63) is 34.9 Å². The molecule has 0 unspecified atom stereocenters. The number of benzene rings is 1. The van der Waals surface area contributed by atoms with Gasteiger partial charge in [-0.1, -0.05) is 11.8 Å². The minimum atomic E-state index is 0.586. The van der Waals surface area contributed by atoms with Gasteiger partial charge in [-0.15, -0.1) is 0 Å². The van der Waals surface area contributed by atoms with Crippen molar-refractivity contribution >= 4 is 0 Å². The lowest BCUT2D eigenvalue weighted by molar-refractivity contribution is 1.03. The lowest BCUT2D eigenvalue weighted by atomic mass is 10.1. The van der Waals surface area contributed by atoms with Gasteiger partial charge in [0.2, 0.25) is 0 Å². The fourth-order valence-electron chi connectivity index (χ4n) is 1.10. The van der Waals surface area contributed by atoms with Crippen LogP contribution >= 0.6 is 0 Å². The number of nitriles is 1. The maximum Gasteiger partial charge on any atom is 0.0991 e. The molecule has 0 aliphatic heterocycles. The normalized spacial score (nSPS) is 8.64. The predicted octanol–water partition coefficient (Wildman–Crippen LogP) is 1.57. The fraction of sp³-hybridized carbons (Fsp3) is 0.250. The van der Waals surface area contributed by atoms with E-state index in [2.05, 4.69) is 17.9 Å². The van der Waals surface area contributed by atoms with E-state index in [1.54, 1.807) is 6.07 Å². The molecule has 0 spiro atoms. The predicted molar refractivity (Wildman–Crippen MR) is 56.4 cm³/mol. The van der Waals surface area contributed by atoms with Crippen molar-refractivity contribution in [1.29, 1.82) is 5.26 Å². The van der Waals surface area contributed by atoms with Gasteiger partial charge in [0.25, 0.3) is 0 Å². The first-order valence-corrected chi connectivity index (χ1v) is 4.47. The molecule has 1 aromatic rings. The Balaban J connectivity index is 2.92. The first-order valence-electron chi connectivity index (χ1n) is 4.47. The number of rotatable bonds is 1. The SMILES string of the molecule is Cc1cc(C#N)ccc1C#CCCN. The first kappa shape index (κ1) is 10.3. The summed E-state index contributed by atoms with van der Waals surface area (Å²) in [6.45, 7) is 2.54. The van der Waals surface area contributed by atoms with Gasteiger partial charge in [0.05, 0.1) is 11.6 Å². The Bertz CT molecular complexity index is 416. The zero-order valence-corrected chi connectivity index (χ0v) is 8.17. The van der Waals surface area contributed by atoms with Crippen molar-refractivity contribution in [1.82, 2.24) is 0 Å². The topological polar surface area (TPSA) is 49.8 Å². The third kappa shape index (κ3) is 2.62. The van der Waals surface area contributed by atoms with Crippen LogP contribution < -0.4 is 5.73 Å². The van der Waals surface area contributed by atoms with Crippen molar-refractivity contribution in [2.24, 2.45) is 5.73 Å². The summed E-state index contributed by atoms with van der Waals surface area (Å²) < 4.78 is 0. The summed E-state index contributed by atoms with van der Waals surface area (Å²) in [5.41, 5.74) is 8.01. The number of nitrogens with zero attached hydrogens (tertiary/aromatic N) is 1. The Hall–Kier alpha value is -1.77. The number of nitrogens with two attached hydrogens (primary N) is 1. The van der Waals surface area contributed by atoms with E-state index in [9.17, 15) is 0 Å². The molecule has 0 atom stereocenters. The van der Waals surface area contributed by atoms with Crippen LogP contribution in [0.5, 0.6) is 0 Å². The number of hydrogen-bond donors (Lipinski definition) is 1. The molecule has 1 aromatic carbocycles. The van der Waals surface area contributed by atoms with Crippen molar-refractivity contribution in [2.45, 2.75) is 13.3 Å². The summed E-state index contributed by atoms with van der Waals surface area (Å²) in [4.78, 5) is 0. The van der Waals surface area contributed by atoms with Gasteiger partial charge in [-0.3, -0.25) is 0 Å². The van der Waals surface area contributed by atoms with Gasteiger partial charge in [-0.05, 0) is 30.7 Å². The minimum Gasteiger partial charge on any atom is -0.330 e. The van der Waals surface area contributed by atoms with Crippen molar-refractivity contribution in [2.75, 3.05) is 6.54 Å². The third-order valence-electron chi connectivity index (χ3n) is 1.85. The Morgan fingerprint density at radius 3 is 2.79 bits per heavy atom. The van der Waals surface area contributed by atoms with E-state index in [1.807, 2.05) is 19.1 Å². The quantitative estimate of drug-likeness (QED) is 0.673. The average molecular weight is 184 g/mol. The highest BCUT2D eigenvalue weighted by molar-refractivity contribution is 5.45. The van der Waals surface area contributed by atoms with Crippen molar-refractivity contribution in [3.8, 4) is 17.9 Å². The van der Waals surface area contributed by atoms with Crippen LogP contribution in [0, 0.1) is 30.1 Å². The summed E-state index contributed by atoms with van der Waals surface area (Å²) in [5, 5.41) is 8.66. The third-order valence-corrected chi connectivity index (χ3v) is 1.85. The molecule has 0 bridgehead atoms. The zero-order chi connectivity index (χ0) is 10.4. The fourth-order valence-corrected chi connectivity index (χ4v) is 1.10. The second-order valence-corrected chi connectivity index (χ2v) is 2.98. The van der Waals surface area contributed by atoms with Crippen LogP contribution in [0.4, 0.5) is 0 Å². The molecule has 0 fully saturated rings. The summed E-state index contributed by atoms with van der Waals surface area (Å²) >= 11 is 0. The highest BCUT2D eigenvalue weighted by Gasteiger charge is 1.95. The van der Waals surface area contributed by atoms with Crippen LogP contribution in [0.3, 0.4) is 0 Å². The second-order valence-electron chi connectivity index (χ2n) is 2.98. The van der Waals surface area contributed by atoms with E-state index in [-0.39, 0.29) is 0 Å². The average Bonchev–Trinajstić information content (AvgIpc) is 2.20. The Labute approximate surface area is 84.4 Å². The molecule has 1 rings (SSSR count). The van der Waals surface area contributed by atoms with E-state index in [0.717, 1.165) is 11.1 Å². The summed E-state index contributed by atoms with van der Waals surface area (Å²) in [6.07, 6.45) is 0.708. The highest BCUT2D eigenvalue weighted by Crippen LogP contribution is 2.08. The molecule has 14 heavy (non-hydrogen) atoms. The molecule has 2 N–H and O–H groups in total. The lowest BCUT2D eigenvalue weighted by Gasteiger charge is -1.97. The van der Waals surface area contributed by atoms with Gasteiger partial charge in [0.15, 0.2) is 0 Å². The minimum absolute atomic E-state index is 0.586. The molecule has 0 aromatic heterocycles. The van der Waals surface area contributed by atoms with E-state index < -0.39 is 0 Å². The molecule has 0 heterocycles. The van der Waals surface area contributed by atoms with Crippen LogP contribution in [-0.2, 0) is 0 Å². The number of aryl methyl sites for hydroxylation is 1. The monoisotopic (exact) mass is 184 g/mol. The second kappa shape index (κ2) is 5.07. The molecule has 0 radical (unpaired) electrons. The molecule has 0 aliphatic rings. The largest absolute Gasteiger partial charge is 0.330 e. The molecule has 0 amide bonds. The van der Waals surface area contributed by atoms with Crippen molar-refractivity contribution < 1.29 is 0 Å². The van der Waals surface area contributed by atoms with Crippen molar-refractivity contribution in [3.63, 3.8) is 0 Å². The lowest BCUT2D eigenvalue weighted by Crippen LogP contribution is -1.95. The highest BCUT2D eigenvalue weighted by atomic mass is 14.5. The summed E-state index contributed by atoms with van der Waals surface area (Å²) in [5.74, 6) is 6.00. The van der Waals surface area contributed by atoms with Crippen LogP contribution in [0.1, 0.15) is 23.1 Å². The van der Waals surface area contributed by atoms with E-state index in [4.69, 9.17) is 11.0 Å². The first-order chi connectivity index (χ1) is 6.77. The molecular weight excluding hydrogens is 172 g/mol. The molecule has 0 saturated heterocycles. The van der Waals surface area contributed by atoms with Crippen LogP contribution in [0.15, 0.2) is 18.2 Å². The molecular formula is C12H12N2. The summed E-state index contributed by atoms with van der Waals surface area (Å²) in [6, 6.07) is 7.58.